The van der Waals surface area contributed by atoms with Crippen LogP contribution in [-0.4, -0.2) is 33.6 Å². The van der Waals surface area contributed by atoms with Gasteiger partial charge in [-0.15, -0.1) is 21.5 Å². The van der Waals surface area contributed by atoms with E-state index < -0.39 is 12.0 Å². The molecule has 0 aliphatic carbocycles. The van der Waals surface area contributed by atoms with Crippen molar-refractivity contribution in [3.63, 3.8) is 0 Å². The summed E-state index contributed by atoms with van der Waals surface area (Å²) in [6, 6.07) is 10.8. The Labute approximate surface area is 176 Å². The van der Waals surface area contributed by atoms with Gasteiger partial charge in [-0.1, -0.05) is 12.1 Å². The number of aliphatic imine (C=N–C) groups is 1. The number of nitrogens with zero attached hydrogens (tertiary/aromatic N) is 6. The fourth-order valence-corrected chi connectivity index (χ4v) is 4.62. The Kier molecular flexibility index (Phi) is 4.90. The van der Waals surface area contributed by atoms with Crippen molar-refractivity contribution >= 4 is 23.0 Å². The van der Waals surface area contributed by atoms with E-state index in [1.165, 1.54) is 18.4 Å². The van der Waals surface area contributed by atoms with Gasteiger partial charge >= 0.3 is 5.97 Å². The average molecular weight is 416 g/mol. The van der Waals surface area contributed by atoms with Crippen molar-refractivity contribution in [3.05, 3.63) is 63.0 Å². The van der Waals surface area contributed by atoms with Gasteiger partial charge in [0.05, 0.1) is 42.0 Å². The molecule has 0 saturated heterocycles. The van der Waals surface area contributed by atoms with Crippen LogP contribution >= 0.6 is 11.3 Å². The van der Waals surface area contributed by atoms with Crippen LogP contribution in [0.2, 0.25) is 0 Å². The van der Waals surface area contributed by atoms with E-state index in [2.05, 4.69) is 22.3 Å². The molecule has 30 heavy (non-hydrogen) atoms. The smallest absolute Gasteiger partial charge is 0.308 e. The standard InChI is InChI=1S/C21H16N6O2S/c1-11-15(10-23)18-19(14-6-4-13(9-22)5-7-14)24-16(8-17(28)29-3)20-26-25-12(2)27(20)21(18)30-11/h4-7,16H,8H2,1-3H3/t16-/m0/s1. The number of hydrogen-bond donors (Lipinski definition) is 0. The van der Waals surface area contributed by atoms with Crippen molar-refractivity contribution < 1.29 is 9.53 Å². The van der Waals surface area contributed by atoms with Crippen LogP contribution in [0.25, 0.3) is 5.00 Å². The number of aryl methyl sites for hydroxylation is 2. The molecule has 0 N–H and O–H groups in total. The fourth-order valence-electron chi connectivity index (χ4n) is 3.47. The van der Waals surface area contributed by atoms with Gasteiger partial charge in [0, 0.05) is 10.4 Å². The van der Waals surface area contributed by atoms with Gasteiger partial charge in [0.2, 0.25) is 0 Å². The summed E-state index contributed by atoms with van der Waals surface area (Å²) in [6.45, 7) is 3.71. The zero-order valence-electron chi connectivity index (χ0n) is 16.5. The summed E-state index contributed by atoms with van der Waals surface area (Å²) in [5, 5.41) is 28.2. The molecule has 1 aromatic carbocycles. The lowest BCUT2D eigenvalue weighted by Crippen LogP contribution is -2.12. The Morgan fingerprint density at radius 1 is 1.20 bits per heavy atom. The molecular formula is C21H16N6O2S. The maximum Gasteiger partial charge on any atom is 0.308 e. The van der Waals surface area contributed by atoms with Gasteiger partial charge in [-0.3, -0.25) is 14.4 Å². The van der Waals surface area contributed by atoms with Crippen molar-refractivity contribution in [2.24, 2.45) is 4.99 Å². The third-order valence-corrected chi connectivity index (χ3v) is 6.02. The maximum absolute atomic E-state index is 12.1. The van der Waals surface area contributed by atoms with Crippen molar-refractivity contribution in [3.8, 4) is 17.1 Å². The van der Waals surface area contributed by atoms with Gasteiger partial charge in [0.25, 0.3) is 0 Å². The van der Waals surface area contributed by atoms with E-state index in [0.717, 1.165) is 15.4 Å². The second-order valence-electron chi connectivity index (χ2n) is 6.73. The number of benzene rings is 1. The fraction of sp³-hybridized carbons (Fsp3) is 0.238. The van der Waals surface area contributed by atoms with Crippen LogP contribution in [0, 0.1) is 36.5 Å². The normalized spacial score (nSPS) is 14.6. The molecule has 8 nitrogen and oxygen atoms in total. The van der Waals surface area contributed by atoms with Gasteiger partial charge in [0.1, 0.15) is 22.9 Å². The highest BCUT2D eigenvalue weighted by Crippen LogP contribution is 2.39. The van der Waals surface area contributed by atoms with E-state index in [0.29, 0.717) is 34.1 Å². The summed E-state index contributed by atoms with van der Waals surface area (Å²) < 4.78 is 6.72. The second kappa shape index (κ2) is 7.54. The summed E-state index contributed by atoms with van der Waals surface area (Å²) in [5.41, 5.74) is 3.05. The number of ether oxygens (including phenoxy) is 1. The quantitative estimate of drug-likeness (QED) is 0.606. The Bertz CT molecular complexity index is 1270. The summed E-state index contributed by atoms with van der Waals surface area (Å²) in [5.74, 6) is 0.744. The van der Waals surface area contributed by atoms with Crippen LogP contribution < -0.4 is 0 Å². The molecule has 0 radical (unpaired) electrons. The van der Waals surface area contributed by atoms with E-state index in [9.17, 15) is 10.1 Å². The largest absolute Gasteiger partial charge is 0.469 e. The van der Waals surface area contributed by atoms with Crippen molar-refractivity contribution in [2.75, 3.05) is 7.11 Å². The zero-order chi connectivity index (χ0) is 21.4. The summed E-state index contributed by atoms with van der Waals surface area (Å²) in [6.07, 6.45) is -0.00970. The topological polar surface area (TPSA) is 117 Å². The number of rotatable bonds is 3. The van der Waals surface area contributed by atoms with E-state index in [1.54, 1.807) is 24.3 Å². The minimum absolute atomic E-state index is 0.00970. The number of carbonyl (C=O) groups is 1. The van der Waals surface area contributed by atoms with Gasteiger partial charge in [-0.2, -0.15) is 10.5 Å². The molecule has 0 amide bonds. The van der Waals surface area contributed by atoms with E-state index >= 15 is 0 Å². The Morgan fingerprint density at radius 3 is 2.57 bits per heavy atom. The zero-order valence-corrected chi connectivity index (χ0v) is 17.3. The molecule has 0 fully saturated rings. The van der Waals surface area contributed by atoms with Crippen molar-refractivity contribution in [1.82, 2.24) is 14.8 Å². The Hall–Kier alpha value is -3.82. The first kappa shape index (κ1) is 19.5. The molecule has 0 bridgehead atoms. The molecule has 1 aliphatic heterocycles. The highest BCUT2D eigenvalue weighted by molar-refractivity contribution is 7.15. The number of methoxy groups -OCH3 is 1. The number of esters is 1. The lowest BCUT2D eigenvalue weighted by atomic mass is 9.98. The highest BCUT2D eigenvalue weighted by atomic mass is 32.1. The molecule has 148 valence electrons. The molecule has 3 aromatic rings. The van der Waals surface area contributed by atoms with Crippen LogP contribution in [0.1, 0.15) is 51.2 Å². The SMILES string of the molecule is COC(=O)C[C@@H]1N=C(c2ccc(C#N)cc2)c2c(sc(C)c2C#N)-n2c(C)nnc21. The third kappa shape index (κ3) is 3.06. The molecule has 3 heterocycles. The van der Waals surface area contributed by atoms with E-state index in [4.69, 9.17) is 15.0 Å². The van der Waals surface area contributed by atoms with Crippen molar-refractivity contribution in [1.29, 1.82) is 10.5 Å². The van der Waals surface area contributed by atoms with Crippen molar-refractivity contribution in [2.45, 2.75) is 26.3 Å². The molecule has 1 aliphatic rings. The molecular weight excluding hydrogens is 400 g/mol. The number of thiophene rings is 1. The molecule has 4 rings (SSSR count). The van der Waals surface area contributed by atoms with E-state index in [1.807, 2.05) is 18.4 Å². The molecule has 0 saturated carbocycles. The number of nitriles is 2. The summed E-state index contributed by atoms with van der Waals surface area (Å²) in [7, 11) is 1.33. The molecule has 0 spiro atoms. The predicted octanol–water partition coefficient (Wildman–Crippen LogP) is 3.14. The second-order valence-corrected chi connectivity index (χ2v) is 7.93. The monoisotopic (exact) mass is 416 g/mol. The predicted molar refractivity (Wildman–Crippen MR) is 110 cm³/mol. The average Bonchev–Trinajstić information content (AvgIpc) is 3.26. The molecule has 9 heteroatoms. The van der Waals surface area contributed by atoms with Crippen LogP contribution in [-0.2, 0) is 9.53 Å². The van der Waals surface area contributed by atoms with E-state index in [-0.39, 0.29) is 6.42 Å². The molecule has 1 atom stereocenters. The maximum atomic E-state index is 12.1. The third-order valence-electron chi connectivity index (χ3n) is 4.93. The number of aromatic nitrogens is 3. The Balaban J connectivity index is 2.03. The number of carbonyl (C=O) groups excluding carboxylic acids is 1. The van der Waals surface area contributed by atoms with Crippen LogP contribution in [0.4, 0.5) is 0 Å². The summed E-state index contributed by atoms with van der Waals surface area (Å²) >= 11 is 1.46. The molecule has 0 unspecified atom stereocenters. The van der Waals surface area contributed by atoms with Gasteiger partial charge < -0.3 is 4.74 Å². The Morgan fingerprint density at radius 2 is 1.93 bits per heavy atom. The molecule has 2 aromatic heterocycles. The van der Waals surface area contributed by atoms with Crippen LogP contribution in [0.3, 0.4) is 0 Å². The highest BCUT2D eigenvalue weighted by Gasteiger charge is 2.33. The first-order chi connectivity index (χ1) is 14.5. The lowest BCUT2D eigenvalue weighted by Gasteiger charge is -2.11. The minimum Gasteiger partial charge on any atom is -0.469 e. The lowest BCUT2D eigenvalue weighted by molar-refractivity contribution is -0.141. The van der Waals surface area contributed by atoms with Gasteiger partial charge in [-0.25, -0.2) is 0 Å². The van der Waals surface area contributed by atoms with Gasteiger partial charge in [-0.05, 0) is 26.0 Å². The first-order valence-electron chi connectivity index (χ1n) is 9.09. The minimum atomic E-state index is -0.629. The summed E-state index contributed by atoms with van der Waals surface area (Å²) in [4.78, 5) is 17.8. The first-order valence-corrected chi connectivity index (χ1v) is 9.91. The van der Waals surface area contributed by atoms with Crippen LogP contribution in [0.15, 0.2) is 29.3 Å². The van der Waals surface area contributed by atoms with Gasteiger partial charge in [0.15, 0.2) is 5.82 Å². The van der Waals surface area contributed by atoms with Crippen LogP contribution in [0.5, 0.6) is 0 Å². The number of hydrogen-bond acceptors (Lipinski definition) is 8. The number of fused-ring (bicyclic) bond motifs is 3.